The van der Waals surface area contributed by atoms with Crippen LogP contribution in [0.3, 0.4) is 0 Å². The summed E-state index contributed by atoms with van der Waals surface area (Å²) in [6.45, 7) is 3.50. The number of nitrogens with one attached hydrogen (secondary N) is 2. The number of halogens is 1. The second-order valence-electron chi connectivity index (χ2n) is 7.56. The molecule has 166 valence electrons. The summed E-state index contributed by atoms with van der Waals surface area (Å²) in [6.07, 6.45) is 0.0152. The summed E-state index contributed by atoms with van der Waals surface area (Å²) in [7, 11) is 3.17. The van der Waals surface area contributed by atoms with Gasteiger partial charge in [0.05, 0.1) is 26.7 Å². The first-order valence-corrected chi connectivity index (χ1v) is 10.1. The zero-order valence-corrected chi connectivity index (χ0v) is 18.0. The Morgan fingerprint density at radius 2 is 1.87 bits per heavy atom. The van der Waals surface area contributed by atoms with Crippen LogP contribution in [0.5, 0.6) is 11.5 Å². The molecule has 7 nitrogen and oxygen atoms in total. The van der Waals surface area contributed by atoms with Crippen molar-refractivity contribution in [1.82, 2.24) is 15.5 Å². The number of rotatable bonds is 8. The summed E-state index contributed by atoms with van der Waals surface area (Å²) in [5.41, 5.74) is 2.15. The SMILES string of the molecule is COc1cc(CN2CCNC(=O)C2CC(=O)NCc2ccc(C)c(F)c2)cc(OC)c1. The van der Waals surface area contributed by atoms with E-state index < -0.39 is 6.04 Å². The molecule has 2 N–H and O–H groups in total. The number of carbonyl (C=O) groups is 2. The van der Waals surface area contributed by atoms with Crippen LogP contribution in [0, 0.1) is 12.7 Å². The molecule has 8 heteroatoms. The maximum Gasteiger partial charge on any atom is 0.237 e. The molecule has 2 aromatic carbocycles. The lowest BCUT2D eigenvalue weighted by atomic mass is 10.1. The zero-order valence-electron chi connectivity index (χ0n) is 18.0. The van der Waals surface area contributed by atoms with Crippen molar-refractivity contribution in [2.75, 3.05) is 27.3 Å². The minimum absolute atomic E-state index is 0.0152. The van der Waals surface area contributed by atoms with Gasteiger partial charge in [0, 0.05) is 32.2 Å². The number of amides is 2. The summed E-state index contributed by atoms with van der Waals surface area (Å²) in [5, 5.41) is 5.61. The van der Waals surface area contributed by atoms with Crippen LogP contribution in [0.4, 0.5) is 4.39 Å². The normalized spacial score (nSPS) is 16.5. The van der Waals surface area contributed by atoms with Crippen molar-refractivity contribution < 1.29 is 23.5 Å². The topological polar surface area (TPSA) is 79.9 Å². The summed E-state index contributed by atoms with van der Waals surface area (Å²) in [5.74, 6) is 0.568. The maximum absolute atomic E-state index is 13.7. The fourth-order valence-electron chi connectivity index (χ4n) is 3.56. The average molecular weight is 429 g/mol. The van der Waals surface area contributed by atoms with E-state index in [4.69, 9.17) is 9.47 Å². The van der Waals surface area contributed by atoms with Crippen molar-refractivity contribution >= 4 is 11.8 Å². The molecule has 1 unspecified atom stereocenters. The number of aryl methyl sites for hydroxylation is 1. The summed E-state index contributed by atoms with van der Waals surface area (Å²) < 4.78 is 24.3. The largest absolute Gasteiger partial charge is 0.497 e. The molecule has 1 saturated heterocycles. The van der Waals surface area contributed by atoms with Gasteiger partial charge >= 0.3 is 0 Å². The van der Waals surface area contributed by atoms with Crippen LogP contribution in [0.25, 0.3) is 0 Å². The fourth-order valence-corrected chi connectivity index (χ4v) is 3.56. The van der Waals surface area contributed by atoms with Crippen molar-refractivity contribution in [3.8, 4) is 11.5 Å². The highest BCUT2D eigenvalue weighted by Gasteiger charge is 2.31. The first kappa shape index (κ1) is 22.6. The number of benzene rings is 2. The summed E-state index contributed by atoms with van der Waals surface area (Å²) in [6, 6.07) is 9.82. The van der Waals surface area contributed by atoms with Gasteiger partial charge in [0.15, 0.2) is 0 Å². The molecule has 0 aromatic heterocycles. The molecular formula is C23H28FN3O4. The van der Waals surface area contributed by atoms with Gasteiger partial charge in [-0.2, -0.15) is 0 Å². The quantitative estimate of drug-likeness (QED) is 0.672. The third-order valence-corrected chi connectivity index (χ3v) is 5.34. The summed E-state index contributed by atoms with van der Waals surface area (Å²) in [4.78, 5) is 27.0. The summed E-state index contributed by atoms with van der Waals surface area (Å²) >= 11 is 0. The molecule has 1 aliphatic heterocycles. The standard InChI is InChI=1S/C23H28FN3O4/c1-15-4-5-16(10-20(15)24)13-26-22(28)12-21-23(29)25-6-7-27(21)14-17-8-18(30-2)11-19(9-17)31-3/h4-5,8-11,21H,6-7,12-14H2,1-3H3,(H,25,29)(H,26,28). The molecule has 1 heterocycles. The van der Waals surface area contributed by atoms with Crippen molar-refractivity contribution in [3.63, 3.8) is 0 Å². The monoisotopic (exact) mass is 429 g/mol. The predicted octanol–water partition coefficient (Wildman–Crippen LogP) is 2.16. The second kappa shape index (κ2) is 10.3. The van der Waals surface area contributed by atoms with Crippen LogP contribution in [0.2, 0.25) is 0 Å². The van der Waals surface area contributed by atoms with E-state index in [2.05, 4.69) is 10.6 Å². The van der Waals surface area contributed by atoms with Crippen molar-refractivity contribution in [3.05, 3.63) is 58.9 Å². The average Bonchev–Trinajstić information content (AvgIpc) is 2.76. The number of hydrogen-bond donors (Lipinski definition) is 2. The van der Waals surface area contributed by atoms with Gasteiger partial charge in [-0.1, -0.05) is 12.1 Å². The van der Waals surface area contributed by atoms with Crippen molar-refractivity contribution in [2.24, 2.45) is 0 Å². The van der Waals surface area contributed by atoms with Gasteiger partial charge in [0.2, 0.25) is 11.8 Å². The molecule has 0 radical (unpaired) electrons. The third-order valence-electron chi connectivity index (χ3n) is 5.34. The number of methoxy groups -OCH3 is 2. The molecule has 1 aliphatic rings. The Kier molecular flexibility index (Phi) is 7.46. The number of carbonyl (C=O) groups excluding carboxylic acids is 2. The smallest absolute Gasteiger partial charge is 0.237 e. The highest BCUT2D eigenvalue weighted by molar-refractivity contribution is 5.88. The van der Waals surface area contributed by atoms with Gasteiger partial charge in [-0.3, -0.25) is 14.5 Å². The van der Waals surface area contributed by atoms with E-state index in [0.29, 0.717) is 42.3 Å². The molecule has 2 amide bonds. The van der Waals surface area contributed by atoms with Crippen LogP contribution in [-0.2, 0) is 22.7 Å². The fraction of sp³-hybridized carbons (Fsp3) is 0.391. The highest BCUT2D eigenvalue weighted by atomic mass is 19.1. The number of nitrogens with zero attached hydrogens (tertiary/aromatic N) is 1. The van der Waals surface area contributed by atoms with Gasteiger partial charge in [-0.15, -0.1) is 0 Å². The van der Waals surface area contributed by atoms with Gasteiger partial charge in [0.1, 0.15) is 17.3 Å². The van der Waals surface area contributed by atoms with E-state index in [-0.39, 0.29) is 30.6 Å². The molecule has 3 rings (SSSR count). The lowest BCUT2D eigenvalue weighted by Gasteiger charge is -2.34. The Morgan fingerprint density at radius 1 is 1.16 bits per heavy atom. The van der Waals surface area contributed by atoms with Gasteiger partial charge in [0.25, 0.3) is 0 Å². The molecule has 2 aromatic rings. The Balaban J connectivity index is 1.65. The molecular weight excluding hydrogens is 401 g/mol. The predicted molar refractivity (Wildman–Crippen MR) is 114 cm³/mol. The Bertz CT molecular complexity index is 928. The molecule has 31 heavy (non-hydrogen) atoms. The molecule has 0 spiro atoms. The zero-order chi connectivity index (χ0) is 22.4. The lowest BCUT2D eigenvalue weighted by Crippen LogP contribution is -2.56. The van der Waals surface area contributed by atoms with Crippen LogP contribution in [0.1, 0.15) is 23.1 Å². The van der Waals surface area contributed by atoms with Crippen LogP contribution < -0.4 is 20.1 Å². The molecule has 0 aliphatic carbocycles. The first-order valence-electron chi connectivity index (χ1n) is 10.1. The molecule has 0 bridgehead atoms. The van der Waals surface area contributed by atoms with Crippen LogP contribution >= 0.6 is 0 Å². The van der Waals surface area contributed by atoms with Crippen LogP contribution in [-0.4, -0.2) is 50.1 Å². The molecule has 0 saturated carbocycles. The van der Waals surface area contributed by atoms with E-state index in [1.807, 2.05) is 17.0 Å². The highest BCUT2D eigenvalue weighted by Crippen LogP contribution is 2.24. The van der Waals surface area contributed by atoms with E-state index in [9.17, 15) is 14.0 Å². The maximum atomic E-state index is 13.7. The lowest BCUT2D eigenvalue weighted by molar-refractivity contribution is -0.134. The van der Waals surface area contributed by atoms with Crippen LogP contribution in [0.15, 0.2) is 36.4 Å². The van der Waals surface area contributed by atoms with E-state index in [1.165, 1.54) is 6.07 Å². The number of piperazine rings is 1. The van der Waals surface area contributed by atoms with Crippen molar-refractivity contribution in [1.29, 1.82) is 0 Å². The van der Waals surface area contributed by atoms with E-state index in [0.717, 1.165) is 5.56 Å². The van der Waals surface area contributed by atoms with Gasteiger partial charge in [-0.05, 0) is 41.8 Å². The second-order valence-corrected chi connectivity index (χ2v) is 7.56. The Hall–Kier alpha value is -3.13. The minimum atomic E-state index is -0.597. The Labute approximate surface area is 181 Å². The third kappa shape index (κ3) is 5.95. The number of hydrogen-bond acceptors (Lipinski definition) is 5. The van der Waals surface area contributed by atoms with E-state index in [1.54, 1.807) is 39.3 Å². The molecule has 1 fully saturated rings. The van der Waals surface area contributed by atoms with E-state index >= 15 is 0 Å². The number of ether oxygens (including phenoxy) is 2. The van der Waals surface area contributed by atoms with Crippen molar-refractivity contribution in [2.45, 2.75) is 32.5 Å². The Morgan fingerprint density at radius 3 is 2.52 bits per heavy atom. The molecule has 1 atom stereocenters. The van der Waals surface area contributed by atoms with Gasteiger partial charge in [-0.25, -0.2) is 4.39 Å². The first-order chi connectivity index (χ1) is 14.9. The minimum Gasteiger partial charge on any atom is -0.497 e. The van der Waals surface area contributed by atoms with Gasteiger partial charge < -0.3 is 20.1 Å².